The van der Waals surface area contributed by atoms with Crippen molar-refractivity contribution in [3.05, 3.63) is 77.9 Å². The number of anilines is 1. The summed E-state index contributed by atoms with van der Waals surface area (Å²) in [6, 6.07) is 14.5. The van der Waals surface area contributed by atoms with Crippen LogP contribution in [0.1, 0.15) is 11.1 Å². The molecule has 1 saturated heterocycles. The van der Waals surface area contributed by atoms with E-state index in [-0.39, 0.29) is 17.7 Å². The van der Waals surface area contributed by atoms with Gasteiger partial charge in [0, 0.05) is 29.1 Å². The van der Waals surface area contributed by atoms with Crippen molar-refractivity contribution in [3.63, 3.8) is 0 Å². The molecule has 0 radical (unpaired) electrons. The number of rotatable bonds is 7. The normalized spacial score (nSPS) is 12.5. The minimum atomic E-state index is -1.000. The van der Waals surface area contributed by atoms with Crippen LogP contribution >= 0.6 is 0 Å². The number of nitrogens with zero attached hydrogens (tertiary/aromatic N) is 5. The molecule has 11 heteroatoms. The Morgan fingerprint density at radius 1 is 1.03 bits per heavy atom. The van der Waals surface area contributed by atoms with Crippen molar-refractivity contribution < 1.29 is 18.8 Å². The van der Waals surface area contributed by atoms with E-state index in [4.69, 9.17) is 21.0 Å². The van der Waals surface area contributed by atoms with E-state index >= 15 is 0 Å². The fraction of sp³-hybridized carbons (Fsp3) is 0.174. The molecule has 0 saturated carbocycles. The molecule has 1 aliphatic rings. The standard InChI is InChI=1S/C23H22FN7O3/c24-20-16(14-33-23(32)29-21(25)26)7-4-8-19(20)17-9-27-22(28-10-17)31-11-18(12-31)30-34-13-15-5-2-1-3-6-15/h1-10H,11-14H2,(H4,25,26,29,32). The molecule has 1 aliphatic heterocycles. The largest absolute Gasteiger partial charge is 0.443 e. The number of halogens is 1. The van der Waals surface area contributed by atoms with E-state index in [0.29, 0.717) is 31.2 Å². The third kappa shape index (κ3) is 5.63. The van der Waals surface area contributed by atoms with Crippen LogP contribution in [0.25, 0.3) is 11.1 Å². The molecular formula is C23H22FN7O3. The molecule has 4 N–H and O–H groups in total. The molecule has 2 aromatic carbocycles. The second-order valence-electron chi connectivity index (χ2n) is 7.41. The average Bonchev–Trinajstić information content (AvgIpc) is 2.80. The van der Waals surface area contributed by atoms with Gasteiger partial charge in [0.1, 0.15) is 19.0 Å². The second kappa shape index (κ2) is 10.4. The summed E-state index contributed by atoms with van der Waals surface area (Å²) in [7, 11) is 0. The number of aliphatic imine (C=N–C) groups is 1. The van der Waals surface area contributed by atoms with Crippen LogP contribution < -0.4 is 16.4 Å². The molecule has 174 valence electrons. The third-order valence-corrected chi connectivity index (χ3v) is 4.90. The molecule has 1 aromatic heterocycles. The van der Waals surface area contributed by atoms with Crippen molar-refractivity contribution >= 4 is 23.7 Å². The Bertz CT molecular complexity index is 1200. The first-order valence-electron chi connectivity index (χ1n) is 10.3. The van der Waals surface area contributed by atoms with E-state index in [0.717, 1.165) is 11.3 Å². The number of carbonyl (C=O) groups is 1. The van der Waals surface area contributed by atoms with Gasteiger partial charge < -0.3 is 25.9 Å². The fourth-order valence-electron chi connectivity index (χ4n) is 3.18. The highest BCUT2D eigenvalue weighted by Crippen LogP contribution is 2.26. The van der Waals surface area contributed by atoms with Gasteiger partial charge in [-0.15, -0.1) is 4.99 Å². The predicted molar refractivity (Wildman–Crippen MR) is 124 cm³/mol. The monoisotopic (exact) mass is 463 g/mol. The van der Waals surface area contributed by atoms with Crippen LogP contribution in [0.4, 0.5) is 15.1 Å². The Hall–Kier alpha value is -4.54. The van der Waals surface area contributed by atoms with Gasteiger partial charge >= 0.3 is 6.09 Å². The summed E-state index contributed by atoms with van der Waals surface area (Å²) < 4.78 is 19.8. The van der Waals surface area contributed by atoms with E-state index in [9.17, 15) is 9.18 Å². The maximum Gasteiger partial charge on any atom is 0.437 e. The maximum atomic E-state index is 14.9. The van der Waals surface area contributed by atoms with Crippen LogP contribution in [0.15, 0.2) is 71.1 Å². The van der Waals surface area contributed by atoms with E-state index < -0.39 is 17.9 Å². The molecule has 1 fully saturated rings. The smallest absolute Gasteiger partial charge is 0.437 e. The van der Waals surface area contributed by atoms with Crippen molar-refractivity contribution in [2.45, 2.75) is 13.2 Å². The van der Waals surface area contributed by atoms with Crippen LogP contribution in [0.5, 0.6) is 0 Å². The van der Waals surface area contributed by atoms with Crippen LogP contribution in [-0.4, -0.2) is 40.8 Å². The van der Waals surface area contributed by atoms with Crippen LogP contribution in [0.2, 0.25) is 0 Å². The van der Waals surface area contributed by atoms with Gasteiger partial charge in [-0.2, -0.15) is 0 Å². The SMILES string of the molecule is NC(N)=NC(=O)OCc1cccc(-c2cnc(N3CC(=NOCc4ccccc4)C3)nc2)c1F. The van der Waals surface area contributed by atoms with Crippen LogP contribution in [-0.2, 0) is 22.8 Å². The first-order valence-corrected chi connectivity index (χ1v) is 10.3. The number of benzene rings is 2. The molecule has 0 unspecified atom stereocenters. The first-order chi connectivity index (χ1) is 16.5. The highest BCUT2D eigenvalue weighted by Gasteiger charge is 2.25. The topological polar surface area (TPSA) is 141 Å². The van der Waals surface area contributed by atoms with Crippen molar-refractivity contribution in [1.82, 2.24) is 9.97 Å². The van der Waals surface area contributed by atoms with Gasteiger partial charge in [-0.3, -0.25) is 0 Å². The molecular weight excluding hydrogens is 441 g/mol. The molecule has 1 amide bonds. The Labute approximate surface area is 194 Å². The Morgan fingerprint density at radius 2 is 1.76 bits per heavy atom. The lowest BCUT2D eigenvalue weighted by molar-refractivity contribution is 0.129. The number of guanidine groups is 1. The Kier molecular flexibility index (Phi) is 6.92. The summed E-state index contributed by atoms with van der Waals surface area (Å²) in [4.78, 5) is 30.7. The van der Waals surface area contributed by atoms with Crippen LogP contribution in [0, 0.1) is 5.82 Å². The Balaban J connectivity index is 1.34. The summed E-state index contributed by atoms with van der Waals surface area (Å²) in [5.74, 6) is -0.476. The summed E-state index contributed by atoms with van der Waals surface area (Å²) in [5, 5.41) is 4.14. The van der Waals surface area contributed by atoms with Gasteiger partial charge in [-0.05, 0) is 5.56 Å². The lowest BCUT2D eigenvalue weighted by atomic mass is 10.1. The maximum absolute atomic E-state index is 14.9. The van der Waals surface area contributed by atoms with E-state index in [1.807, 2.05) is 35.2 Å². The zero-order chi connectivity index (χ0) is 23.9. The molecule has 0 bridgehead atoms. The summed E-state index contributed by atoms with van der Waals surface area (Å²) >= 11 is 0. The van der Waals surface area contributed by atoms with Crippen molar-refractivity contribution in [2.24, 2.45) is 21.6 Å². The second-order valence-corrected chi connectivity index (χ2v) is 7.41. The molecule has 0 spiro atoms. The summed E-state index contributed by atoms with van der Waals surface area (Å²) in [6.07, 6.45) is 2.08. The zero-order valence-electron chi connectivity index (χ0n) is 18.1. The van der Waals surface area contributed by atoms with Crippen LogP contribution in [0.3, 0.4) is 0 Å². The quantitative estimate of drug-likeness (QED) is 0.309. The van der Waals surface area contributed by atoms with Gasteiger partial charge in [0.05, 0.1) is 18.8 Å². The van der Waals surface area contributed by atoms with Gasteiger partial charge in [-0.1, -0.05) is 53.7 Å². The van der Waals surface area contributed by atoms with E-state index in [1.165, 1.54) is 18.5 Å². The molecule has 4 rings (SSSR count). The van der Waals surface area contributed by atoms with Gasteiger partial charge in [0.25, 0.3) is 0 Å². The first kappa shape index (κ1) is 22.6. The van der Waals surface area contributed by atoms with Gasteiger partial charge in [-0.25, -0.2) is 19.2 Å². The molecule has 0 atom stereocenters. The van der Waals surface area contributed by atoms with Crippen molar-refractivity contribution in [2.75, 3.05) is 18.0 Å². The summed E-state index contributed by atoms with van der Waals surface area (Å²) in [5.41, 5.74) is 13.1. The average molecular weight is 463 g/mol. The number of hydrogen-bond acceptors (Lipinski definition) is 7. The van der Waals surface area contributed by atoms with E-state index in [2.05, 4.69) is 20.1 Å². The minimum absolute atomic E-state index is 0.166. The van der Waals surface area contributed by atoms with Crippen molar-refractivity contribution in [1.29, 1.82) is 0 Å². The lowest BCUT2D eigenvalue weighted by Gasteiger charge is -2.31. The Morgan fingerprint density at radius 3 is 2.47 bits per heavy atom. The minimum Gasteiger partial charge on any atom is -0.443 e. The number of nitrogens with two attached hydrogens (primary N) is 2. The molecule has 2 heterocycles. The predicted octanol–water partition coefficient (Wildman–Crippen LogP) is 2.59. The van der Waals surface area contributed by atoms with Gasteiger partial charge in [0.15, 0.2) is 5.96 Å². The zero-order valence-corrected chi connectivity index (χ0v) is 18.1. The molecule has 3 aromatic rings. The molecule has 34 heavy (non-hydrogen) atoms. The fourth-order valence-corrected chi connectivity index (χ4v) is 3.18. The number of aromatic nitrogens is 2. The van der Waals surface area contributed by atoms with E-state index in [1.54, 1.807) is 12.1 Å². The summed E-state index contributed by atoms with van der Waals surface area (Å²) in [6.45, 7) is 1.20. The van der Waals surface area contributed by atoms with Gasteiger partial charge in [0.2, 0.25) is 5.95 Å². The highest BCUT2D eigenvalue weighted by molar-refractivity contribution is 5.98. The molecule has 0 aliphatic carbocycles. The number of oxime groups is 1. The highest BCUT2D eigenvalue weighted by atomic mass is 19.1. The number of amides is 1. The molecule has 10 nitrogen and oxygen atoms in total. The number of hydrogen-bond donors (Lipinski definition) is 2. The number of carbonyl (C=O) groups excluding carboxylic acids is 1. The number of ether oxygens (including phenoxy) is 1. The third-order valence-electron chi connectivity index (χ3n) is 4.90. The lowest BCUT2D eigenvalue weighted by Crippen LogP contribution is -2.48. The van der Waals surface area contributed by atoms with Crippen molar-refractivity contribution in [3.8, 4) is 11.1 Å².